The molecule has 2 fully saturated rings. The van der Waals surface area contributed by atoms with Gasteiger partial charge in [0, 0.05) is 25.5 Å². The molecule has 1 saturated heterocycles. The first-order valence-electron chi connectivity index (χ1n) is 9.20. The second-order valence-corrected chi connectivity index (χ2v) is 7.84. The largest absolute Gasteiger partial charge is 0.341 e. The first kappa shape index (κ1) is 15.8. The van der Waals surface area contributed by atoms with Crippen LogP contribution in [0.15, 0.2) is 12.4 Å². The standard InChI is InChI=1S/C19H31N3/c1-14(2)16-4-6-17(7-5-16)18-12-20-19(21-13-18)22-10-8-15(3)9-11-22/h12-17H,4-11H2,1-3H3/t16-,17+. The molecule has 22 heavy (non-hydrogen) atoms. The zero-order valence-corrected chi connectivity index (χ0v) is 14.5. The summed E-state index contributed by atoms with van der Waals surface area (Å²) in [5.74, 6) is 4.23. The van der Waals surface area contributed by atoms with E-state index in [-0.39, 0.29) is 0 Å². The van der Waals surface area contributed by atoms with Crippen LogP contribution in [0.2, 0.25) is 0 Å². The molecule has 0 unspecified atom stereocenters. The van der Waals surface area contributed by atoms with Gasteiger partial charge in [-0.3, -0.25) is 0 Å². The molecule has 0 N–H and O–H groups in total. The second kappa shape index (κ2) is 6.97. The third-order valence-electron chi connectivity index (χ3n) is 5.91. The zero-order chi connectivity index (χ0) is 15.5. The lowest BCUT2D eigenvalue weighted by Crippen LogP contribution is -2.34. The Morgan fingerprint density at radius 2 is 1.55 bits per heavy atom. The van der Waals surface area contributed by atoms with Gasteiger partial charge in [-0.05, 0) is 67.8 Å². The van der Waals surface area contributed by atoms with Crippen LogP contribution in [0, 0.1) is 17.8 Å². The first-order valence-corrected chi connectivity index (χ1v) is 9.20. The lowest BCUT2D eigenvalue weighted by molar-refractivity contribution is 0.258. The van der Waals surface area contributed by atoms with Gasteiger partial charge in [0.05, 0.1) is 0 Å². The Hall–Kier alpha value is -1.12. The maximum Gasteiger partial charge on any atom is 0.225 e. The number of anilines is 1. The van der Waals surface area contributed by atoms with Gasteiger partial charge in [0.2, 0.25) is 5.95 Å². The predicted molar refractivity (Wildman–Crippen MR) is 92.2 cm³/mol. The molecule has 1 saturated carbocycles. The molecule has 0 aromatic carbocycles. The Kier molecular flexibility index (Phi) is 5.00. The summed E-state index contributed by atoms with van der Waals surface area (Å²) in [5.41, 5.74) is 1.36. The summed E-state index contributed by atoms with van der Waals surface area (Å²) in [6.07, 6.45) is 12.1. The van der Waals surface area contributed by atoms with E-state index in [0.717, 1.165) is 36.8 Å². The molecule has 1 aliphatic heterocycles. The maximum atomic E-state index is 4.67. The number of rotatable bonds is 3. The summed E-state index contributed by atoms with van der Waals surface area (Å²) < 4.78 is 0. The van der Waals surface area contributed by atoms with Crippen LogP contribution in [0.25, 0.3) is 0 Å². The van der Waals surface area contributed by atoms with Crippen LogP contribution in [0.5, 0.6) is 0 Å². The number of hydrogen-bond acceptors (Lipinski definition) is 3. The monoisotopic (exact) mass is 301 g/mol. The molecule has 122 valence electrons. The molecule has 3 nitrogen and oxygen atoms in total. The van der Waals surface area contributed by atoms with E-state index in [2.05, 4.69) is 48.0 Å². The molecule has 1 aliphatic carbocycles. The van der Waals surface area contributed by atoms with E-state index in [1.807, 2.05) is 0 Å². The van der Waals surface area contributed by atoms with Gasteiger partial charge in [0.1, 0.15) is 0 Å². The van der Waals surface area contributed by atoms with Crippen molar-refractivity contribution in [1.29, 1.82) is 0 Å². The molecule has 0 atom stereocenters. The van der Waals surface area contributed by atoms with E-state index in [9.17, 15) is 0 Å². The Morgan fingerprint density at radius 1 is 0.955 bits per heavy atom. The number of hydrogen-bond donors (Lipinski definition) is 0. The minimum absolute atomic E-state index is 0.686. The predicted octanol–water partition coefficient (Wildman–Crippen LogP) is 4.64. The number of nitrogens with zero attached hydrogens (tertiary/aromatic N) is 3. The fraction of sp³-hybridized carbons (Fsp3) is 0.789. The highest BCUT2D eigenvalue weighted by atomic mass is 15.2. The third-order valence-corrected chi connectivity index (χ3v) is 5.91. The zero-order valence-electron chi connectivity index (χ0n) is 14.5. The summed E-state index contributed by atoms with van der Waals surface area (Å²) in [5, 5.41) is 0. The highest BCUT2D eigenvalue weighted by molar-refractivity contribution is 5.31. The highest BCUT2D eigenvalue weighted by Crippen LogP contribution is 2.38. The van der Waals surface area contributed by atoms with E-state index in [0.29, 0.717) is 5.92 Å². The van der Waals surface area contributed by atoms with Crippen molar-refractivity contribution < 1.29 is 0 Å². The topological polar surface area (TPSA) is 29.0 Å². The van der Waals surface area contributed by atoms with Gasteiger partial charge < -0.3 is 4.90 Å². The van der Waals surface area contributed by atoms with Crippen molar-refractivity contribution in [3.63, 3.8) is 0 Å². The van der Waals surface area contributed by atoms with Crippen LogP contribution < -0.4 is 4.90 Å². The summed E-state index contributed by atoms with van der Waals surface area (Å²) in [4.78, 5) is 11.7. The van der Waals surface area contributed by atoms with Crippen LogP contribution in [0.3, 0.4) is 0 Å². The number of aromatic nitrogens is 2. The van der Waals surface area contributed by atoms with Gasteiger partial charge in [0.25, 0.3) is 0 Å². The maximum absolute atomic E-state index is 4.67. The SMILES string of the molecule is CC1CCN(c2ncc([C@H]3CC[C@@H](C(C)C)CC3)cn2)CC1. The molecular formula is C19H31N3. The van der Waals surface area contributed by atoms with Crippen molar-refractivity contribution in [2.75, 3.05) is 18.0 Å². The van der Waals surface area contributed by atoms with Crippen LogP contribution in [0.4, 0.5) is 5.95 Å². The molecule has 3 rings (SSSR count). The third kappa shape index (κ3) is 3.61. The van der Waals surface area contributed by atoms with Gasteiger partial charge in [-0.15, -0.1) is 0 Å². The van der Waals surface area contributed by atoms with Gasteiger partial charge in [0.15, 0.2) is 0 Å². The van der Waals surface area contributed by atoms with Gasteiger partial charge >= 0.3 is 0 Å². The lowest BCUT2D eigenvalue weighted by Gasteiger charge is -2.32. The molecule has 1 aromatic rings. The summed E-state index contributed by atoms with van der Waals surface area (Å²) in [6, 6.07) is 0. The van der Waals surface area contributed by atoms with Crippen molar-refractivity contribution in [2.45, 2.75) is 65.2 Å². The molecule has 2 heterocycles. The first-order chi connectivity index (χ1) is 10.6. The van der Waals surface area contributed by atoms with E-state index >= 15 is 0 Å². The van der Waals surface area contributed by atoms with Crippen molar-refractivity contribution in [2.24, 2.45) is 17.8 Å². The Bertz CT molecular complexity index is 452. The van der Waals surface area contributed by atoms with Crippen LogP contribution >= 0.6 is 0 Å². The smallest absolute Gasteiger partial charge is 0.225 e. The van der Waals surface area contributed by atoms with Gasteiger partial charge in [-0.1, -0.05) is 20.8 Å². The Morgan fingerprint density at radius 3 is 2.09 bits per heavy atom. The number of piperidine rings is 1. The fourth-order valence-electron chi connectivity index (χ4n) is 4.03. The molecule has 0 amide bonds. The Balaban J connectivity index is 1.58. The Labute approximate surface area is 135 Å². The molecule has 2 aliphatic rings. The molecule has 1 aromatic heterocycles. The minimum atomic E-state index is 0.686. The summed E-state index contributed by atoms with van der Waals surface area (Å²) >= 11 is 0. The minimum Gasteiger partial charge on any atom is -0.341 e. The summed E-state index contributed by atoms with van der Waals surface area (Å²) in [7, 11) is 0. The van der Waals surface area contributed by atoms with Crippen molar-refractivity contribution in [3.05, 3.63) is 18.0 Å². The van der Waals surface area contributed by atoms with Gasteiger partial charge in [-0.25, -0.2) is 9.97 Å². The average Bonchev–Trinajstić information content (AvgIpc) is 2.56. The van der Waals surface area contributed by atoms with Crippen molar-refractivity contribution in [3.8, 4) is 0 Å². The van der Waals surface area contributed by atoms with Crippen molar-refractivity contribution >= 4 is 5.95 Å². The van der Waals surface area contributed by atoms with Gasteiger partial charge in [-0.2, -0.15) is 0 Å². The second-order valence-electron chi connectivity index (χ2n) is 7.84. The normalized spacial score (nSPS) is 27.4. The van der Waals surface area contributed by atoms with Crippen LogP contribution in [-0.4, -0.2) is 23.1 Å². The lowest BCUT2D eigenvalue weighted by atomic mass is 9.75. The quantitative estimate of drug-likeness (QED) is 0.814. The van der Waals surface area contributed by atoms with E-state index in [1.165, 1.54) is 44.1 Å². The summed E-state index contributed by atoms with van der Waals surface area (Å²) in [6.45, 7) is 9.29. The molecule has 3 heteroatoms. The highest BCUT2D eigenvalue weighted by Gasteiger charge is 2.25. The van der Waals surface area contributed by atoms with E-state index < -0.39 is 0 Å². The molecular weight excluding hydrogens is 270 g/mol. The van der Waals surface area contributed by atoms with E-state index in [1.54, 1.807) is 0 Å². The van der Waals surface area contributed by atoms with Crippen LogP contribution in [0.1, 0.15) is 70.8 Å². The fourth-order valence-corrected chi connectivity index (χ4v) is 4.03. The van der Waals surface area contributed by atoms with E-state index in [4.69, 9.17) is 0 Å². The van der Waals surface area contributed by atoms with Crippen molar-refractivity contribution in [1.82, 2.24) is 9.97 Å². The molecule has 0 radical (unpaired) electrons. The molecule has 0 bridgehead atoms. The van der Waals surface area contributed by atoms with Crippen LogP contribution in [-0.2, 0) is 0 Å². The average molecular weight is 301 g/mol. The molecule has 0 spiro atoms.